The summed E-state index contributed by atoms with van der Waals surface area (Å²) in [5.41, 5.74) is 7.65. The van der Waals surface area contributed by atoms with Gasteiger partial charge in [-0.25, -0.2) is 19.7 Å². The Labute approximate surface area is 174 Å². The Hall–Kier alpha value is -4.09. The van der Waals surface area contributed by atoms with Crippen molar-refractivity contribution in [1.82, 2.24) is 14.8 Å². The molecule has 0 amide bonds. The maximum absolute atomic E-state index is 9.29. The highest BCUT2D eigenvalue weighted by Gasteiger charge is 2.13. The topological polar surface area (TPSA) is 114 Å². The maximum Gasteiger partial charge on any atom is 0.165 e. The number of nitrogens with two attached hydrogens (primary N) is 1. The second-order valence-electron chi connectivity index (χ2n) is 6.36. The van der Waals surface area contributed by atoms with Gasteiger partial charge in [0.1, 0.15) is 5.75 Å². The number of hydrogen-bond donors (Lipinski definition) is 1. The molecule has 1 aromatic carbocycles. The van der Waals surface area contributed by atoms with Crippen molar-refractivity contribution >= 4 is 12.6 Å². The largest absolute Gasteiger partial charge is 0.453 e. The molecular weight excluding hydrogens is 378 g/mol. The molecular formula is C22H21N7O. The highest BCUT2D eigenvalue weighted by Crippen LogP contribution is 2.28. The van der Waals surface area contributed by atoms with E-state index in [4.69, 9.17) is 10.5 Å². The first-order chi connectivity index (χ1) is 14.6. The van der Waals surface area contributed by atoms with Gasteiger partial charge in [0.2, 0.25) is 0 Å². The summed E-state index contributed by atoms with van der Waals surface area (Å²) in [4.78, 5) is 12.7. The van der Waals surface area contributed by atoms with Gasteiger partial charge in [-0.15, -0.1) is 0 Å². The monoisotopic (exact) mass is 399 g/mol. The van der Waals surface area contributed by atoms with Crippen molar-refractivity contribution in [2.24, 2.45) is 15.7 Å². The van der Waals surface area contributed by atoms with Gasteiger partial charge in [0.25, 0.3) is 0 Å². The lowest BCUT2D eigenvalue weighted by molar-refractivity contribution is 0.481. The van der Waals surface area contributed by atoms with Crippen molar-refractivity contribution < 1.29 is 4.74 Å². The van der Waals surface area contributed by atoms with E-state index in [-0.39, 0.29) is 0 Å². The minimum Gasteiger partial charge on any atom is -0.453 e. The van der Waals surface area contributed by atoms with E-state index in [1.165, 1.54) is 0 Å². The van der Waals surface area contributed by atoms with Crippen molar-refractivity contribution in [1.29, 1.82) is 5.26 Å². The molecule has 0 unspecified atom stereocenters. The molecule has 3 rings (SSSR count). The Kier molecular flexibility index (Phi) is 6.82. The van der Waals surface area contributed by atoms with E-state index in [0.717, 1.165) is 12.0 Å². The number of hydrogen-bond acceptors (Lipinski definition) is 6. The summed E-state index contributed by atoms with van der Waals surface area (Å²) < 4.78 is 7.62. The molecule has 0 atom stereocenters. The maximum atomic E-state index is 9.29. The molecule has 3 aromatic rings. The zero-order valence-corrected chi connectivity index (χ0v) is 16.6. The van der Waals surface area contributed by atoms with Gasteiger partial charge in [-0.2, -0.15) is 10.4 Å². The molecule has 2 aromatic heterocycles. The van der Waals surface area contributed by atoms with E-state index in [2.05, 4.69) is 32.9 Å². The molecule has 8 nitrogen and oxygen atoms in total. The molecule has 2 N–H and O–H groups in total. The van der Waals surface area contributed by atoms with Crippen LogP contribution in [0.4, 0.5) is 0 Å². The summed E-state index contributed by atoms with van der Waals surface area (Å²) >= 11 is 0. The first-order valence-corrected chi connectivity index (χ1v) is 9.23. The highest BCUT2D eigenvalue weighted by molar-refractivity contribution is 6.04. The number of nitriles is 1. The van der Waals surface area contributed by atoms with Gasteiger partial charge in [-0.1, -0.05) is 11.6 Å². The van der Waals surface area contributed by atoms with E-state index in [9.17, 15) is 5.26 Å². The van der Waals surface area contributed by atoms with Crippen LogP contribution >= 0.6 is 0 Å². The molecule has 0 spiro atoms. The number of pyridine rings is 1. The van der Waals surface area contributed by atoms with Gasteiger partial charge in [0, 0.05) is 12.4 Å². The smallest absolute Gasteiger partial charge is 0.165 e. The third kappa shape index (κ3) is 5.04. The summed E-state index contributed by atoms with van der Waals surface area (Å²) in [6.45, 7) is 6.10. The molecule has 2 heterocycles. The van der Waals surface area contributed by atoms with E-state index < -0.39 is 0 Å². The average Bonchev–Trinajstić information content (AvgIpc) is 3.24. The van der Waals surface area contributed by atoms with Crippen LogP contribution < -0.4 is 10.5 Å². The number of ether oxygens (including phenoxy) is 1. The molecule has 0 aliphatic carbocycles. The highest BCUT2D eigenvalue weighted by atomic mass is 16.5. The first-order valence-electron chi connectivity index (χ1n) is 9.23. The Balaban J connectivity index is 1.95. The van der Waals surface area contributed by atoms with Crippen LogP contribution in [0.25, 0.3) is 5.82 Å². The predicted octanol–water partition coefficient (Wildman–Crippen LogP) is 3.63. The van der Waals surface area contributed by atoms with Gasteiger partial charge in [-0.05, 0) is 56.9 Å². The molecule has 0 bridgehead atoms. The van der Waals surface area contributed by atoms with Crippen LogP contribution in [0.1, 0.15) is 24.5 Å². The molecule has 0 aliphatic rings. The number of rotatable bonds is 7. The third-order valence-corrected chi connectivity index (χ3v) is 4.12. The standard InChI is InChI=1S/C22H21N7O/c1-16(8-9-23)13-27-22(25-2)19-7-6-17(12-24)11-20(19)30-18-14-28-29(15-18)21-5-3-4-10-26-21/h3-7,10-11,13-15H,2,8-9,23H2,1H3/b16-13+,27-22-. The lowest BCUT2D eigenvalue weighted by Gasteiger charge is -2.10. The van der Waals surface area contributed by atoms with E-state index >= 15 is 0 Å². The summed E-state index contributed by atoms with van der Waals surface area (Å²) in [5, 5.41) is 13.6. The minimum atomic E-state index is 0.378. The lowest BCUT2D eigenvalue weighted by Crippen LogP contribution is -2.01. The summed E-state index contributed by atoms with van der Waals surface area (Å²) in [6, 6.07) is 12.7. The molecule has 8 heteroatoms. The van der Waals surface area contributed by atoms with Crippen LogP contribution in [0, 0.1) is 11.3 Å². The fraction of sp³-hybridized carbons (Fsp3) is 0.136. The Morgan fingerprint density at radius 2 is 2.23 bits per heavy atom. The third-order valence-electron chi connectivity index (χ3n) is 4.12. The summed E-state index contributed by atoms with van der Waals surface area (Å²) in [7, 11) is 0. The van der Waals surface area contributed by atoms with Crippen molar-refractivity contribution in [3.63, 3.8) is 0 Å². The number of benzene rings is 1. The van der Waals surface area contributed by atoms with Gasteiger partial charge < -0.3 is 10.5 Å². The van der Waals surface area contributed by atoms with Crippen LogP contribution in [0.3, 0.4) is 0 Å². The molecule has 150 valence electrons. The molecule has 30 heavy (non-hydrogen) atoms. The van der Waals surface area contributed by atoms with Gasteiger partial charge >= 0.3 is 0 Å². The Bertz CT molecular complexity index is 1120. The van der Waals surface area contributed by atoms with Gasteiger partial charge in [-0.3, -0.25) is 0 Å². The zero-order chi connectivity index (χ0) is 21.3. The Morgan fingerprint density at radius 1 is 1.37 bits per heavy atom. The molecule has 0 radical (unpaired) electrons. The number of aromatic nitrogens is 3. The van der Waals surface area contributed by atoms with Crippen LogP contribution in [0.15, 0.2) is 76.7 Å². The van der Waals surface area contributed by atoms with Crippen LogP contribution in [0.2, 0.25) is 0 Å². The molecule has 0 saturated carbocycles. The van der Waals surface area contributed by atoms with Crippen LogP contribution in [-0.4, -0.2) is 33.9 Å². The predicted molar refractivity (Wildman–Crippen MR) is 116 cm³/mol. The van der Waals surface area contributed by atoms with Crippen LogP contribution in [-0.2, 0) is 0 Å². The number of nitrogens with zero attached hydrogens (tertiary/aromatic N) is 6. The summed E-state index contributed by atoms with van der Waals surface area (Å²) in [6.07, 6.45) is 7.40. The van der Waals surface area contributed by atoms with Crippen molar-refractivity contribution in [3.05, 3.63) is 77.9 Å². The quantitative estimate of drug-likeness (QED) is 0.481. The normalized spacial score (nSPS) is 11.8. The van der Waals surface area contributed by atoms with Crippen molar-refractivity contribution in [2.75, 3.05) is 6.54 Å². The molecule has 0 saturated heterocycles. The minimum absolute atomic E-state index is 0.378. The second kappa shape index (κ2) is 9.91. The fourth-order valence-electron chi connectivity index (χ4n) is 2.62. The molecule has 0 aliphatic heterocycles. The van der Waals surface area contributed by atoms with Gasteiger partial charge in [0.15, 0.2) is 17.4 Å². The first kappa shape index (κ1) is 20.6. The summed E-state index contributed by atoms with van der Waals surface area (Å²) in [5.74, 6) is 1.94. The fourth-order valence-corrected chi connectivity index (χ4v) is 2.62. The SMILES string of the molecule is C=N/C(=N\C=C(/C)CCN)c1ccc(C#N)cc1Oc1cnn(-c2ccccn2)c1. The number of amidine groups is 1. The number of aliphatic imine (C=N–C) groups is 2. The average molecular weight is 399 g/mol. The van der Waals surface area contributed by atoms with Crippen molar-refractivity contribution in [3.8, 4) is 23.4 Å². The van der Waals surface area contributed by atoms with E-state index in [1.807, 2.05) is 25.1 Å². The van der Waals surface area contributed by atoms with Gasteiger partial charge in [0.05, 0.1) is 29.6 Å². The van der Waals surface area contributed by atoms with Crippen molar-refractivity contribution in [2.45, 2.75) is 13.3 Å². The zero-order valence-electron chi connectivity index (χ0n) is 16.6. The Morgan fingerprint density at radius 3 is 2.93 bits per heavy atom. The molecule has 0 fully saturated rings. The second-order valence-corrected chi connectivity index (χ2v) is 6.36. The van der Waals surface area contributed by atoms with Crippen LogP contribution in [0.5, 0.6) is 11.5 Å². The van der Waals surface area contributed by atoms with E-state index in [0.29, 0.717) is 40.8 Å². The van der Waals surface area contributed by atoms with E-state index in [1.54, 1.807) is 47.7 Å². The lowest BCUT2D eigenvalue weighted by atomic mass is 10.1.